The molecule has 0 unspecified atom stereocenters. The number of guanidine groups is 1. The highest BCUT2D eigenvalue weighted by Gasteiger charge is 2.32. The molecular formula is C26H32ClN3O. The van der Waals surface area contributed by atoms with Crippen molar-refractivity contribution in [2.45, 2.75) is 76.3 Å². The molecule has 2 fully saturated rings. The smallest absolute Gasteiger partial charge is 0.257 e. The van der Waals surface area contributed by atoms with E-state index in [1.54, 1.807) is 0 Å². The summed E-state index contributed by atoms with van der Waals surface area (Å²) in [6, 6.07) is 17.8. The van der Waals surface area contributed by atoms with Crippen molar-refractivity contribution in [3.8, 4) is 0 Å². The third-order valence-electron chi connectivity index (χ3n) is 6.52. The first kappa shape index (κ1) is 21.9. The Bertz CT molecular complexity index is 869. The van der Waals surface area contributed by atoms with Gasteiger partial charge in [0.25, 0.3) is 5.91 Å². The maximum absolute atomic E-state index is 13.1. The normalized spacial score (nSPS) is 18.5. The molecule has 0 bridgehead atoms. The van der Waals surface area contributed by atoms with Crippen LogP contribution < -0.4 is 5.32 Å². The average Bonchev–Trinajstić information content (AvgIpc) is 2.82. The predicted octanol–water partition coefficient (Wildman–Crippen LogP) is 6.72. The van der Waals surface area contributed by atoms with E-state index in [2.05, 4.69) is 10.2 Å². The van der Waals surface area contributed by atoms with Crippen molar-refractivity contribution >= 4 is 29.2 Å². The van der Waals surface area contributed by atoms with Crippen LogP contribution in [0.25, 0.3) is 0 Å². The summed E-state index contributed by atoms with van der Waals surface area (Å²) in [5.41, 5.74) is 1.34. The maximum atomic E-state index is 13.1. The second-order valence-corrected chi connectivity index (χ2v) is 9.11. The quantitative estimate of drug-likeness (QED) is 0.426. The fraction of sp³-hybridized carbons (Fsp3) is 0.462. The third kappa shape index (κ3) is 5.68. The van der Waals surface area contributed by atoms with E-state index in [9.17, 15) is 4.79 Å². The number of aliphatic imine (C=N–C) groups is 1. The fourth-order valence-corrected chi connectivity index (χ4v) is 5.11. The molecule has 0 aromatic heterocycles. The second-order valence-electron chi connectivity index (χ2n) is 8.70. The molecule has 1 N–H and O–H groups in total. The van der Waals surface area contributed by atoms with Gasteiger partial charge in [-0.2, -0.15) is 0 Å². The van der Waals surface area contributed by atoms with Gasteiger partial charge in [-0.15, -0.1) is 0 Å². The zero-order chi connectivity index (χ0) is 21.5. The number of para-hydroxylation sites is 1. The minimum atomic E-state index is -0.122. The van der Waals surface area contributed by atoms with Gasteiger partial charge >= 0.3 is 0 Å². The topological polar surface area (TPSA) is 44.7 Å². The largest absolute Gasteiger partial charge is 0.336 e. The molecule has 2 aliphatic carbocycles. The van der Waals surface area contributed by atoms with Gasteiger partial charge in [0.05, 0.1) is 10.7 Å². The van der Waals surface area contributed by atoms with Crippen LogP contribution in [0.2, 0.25) is 5.02 Å². The van der Waals surface area contributed by atoms with Crippen LogP contribution in [0.1, 0.15) is 74.6 Å². The third-order valence-corrected chi connectivity index (χ3v) is 6.84. The Labute approximate surface area is 190 Å². The number of benzene rings is 2. The van der Waals surface area contributed by atoms with Crippen LogP contribution in [-0.4, -0.2) is 28.9 Å². The first-order valence-electron chi connectivity index (χ1n) is 11.7. The van der Waals surface area contributed by atoms with Crippen LogP contribution >= 0.6 is 11.6 Å². The van der Waals surface area contributed by atoms with Crippen LogP contribution in [0, 0.1) is 0 Å². The molecule has 5 heteroatoms. The van der Waals surface area contributed by atoms with E-state index in [1.165, 1.54) is 38.5 Å². The maximum Gasteiger partial charge on any atom is 0.257 e. The Hall–Kier alpha value is -2.33. The molecule has 4 rings (SSSR count). The van der Waals surface area contributed by atoms with E-state index < -0.39 is 0 Å². The van der Waals surface area contributed by atoms with E-state index >= 15 is 0 Å². The van der Waals surface area contributed by atoms with E-state index in [-0.39, 0.29) is 5.91 Å². The Morgan fingerprint density at radius 2 is 1.35 bits per heavy atom. The average molecular weight is 438 g/mol. The van der Waals surface area contributed by atoms with Gasteiger partial charge in [-0.05, 0) is 49.9 Å². The summed E-state index contributed by atoms with van der Waals surface area (Å²) in [4.78, 5) is 20.5. The molecule has 2 aromatic rings. The lowest BCUT2D eigenvalue weighted by Crippen LogP contribution is -2.54. The molecule has 0 heterocycles. The van der Waals surface area contributed by atoms with Crippen LogP contribution in [0.5, 0.6) is 0 Å². The zero-order valence-electron chi connectivity index (χ0n) is 18.1. The summed E-state index contributed by atoms with van der Waals surface area (Å²) in [5, 5.41) is 3.78. The minimum absolute atomic E-state index is 0.122. The van der Waals surface area contributed by atoms with Gasteiger partial charge in [0, 0.05) is 17.6 Å². The number of carbonyl (C=O) groups excluding carboxylic acids is 1. The van der Waals surface area contributed by atoms with E-state index in [0.29, 0.717) is 34.3 Å². The highest BCUT2D eigenvalue weighted by molar-refractivity contribution is 6.33. The minimum Gasteiger partial charge on any atom is -0.336 e. The summed E-state index contributed by atoms with van der Waals surface area (Å²) in [6.07, 6.45) is 12.1. The summed E-state index contributed by atoms with van der Waals surface area (Å²) in [5.74, 6) is 0.531. The highest BCUT2D eigenvalue weighted by atomic mass is 35.5. The lowest BCUT2D eigenvalue weighted by molar-refractivity contribution is 0.0958. The van der Waals surface area contributed by atoms with Gasteiger partial charge in [-0.25, -0.2) is 4.99 Å². The van der Waals surface area contributed by atoms with Crippen molar-refractivity contribution in [1.82, 2.24) is 10.2 Å². The van der Waals surface area contributed by atoms with Crippen molar-refractivity contribution < 1.29 is 4.79 Å². The van der Waals surface area contributed by atoms with Crippen LogP contribution in [0.15, 0.2) is 59.6 Å². The Balaban J connectivity index is 1.71. The molecule has 4 nitrogen and oxygen atoms in total. The highest BCUT2D eigenvalue weighted by Crippen LogP contribution is 2.32. The Kier molecular flexibility index (Phi) is 7.63. The van der Waals surface area contributed by atoms with E-state index in [4.69, 9.17) is 16.6 Å². The zero-order valence-corrected chi connectivity index (χ0v) is 18.9. The van der Waals surface area contributed by atoms with Crippen LogP contribution in [0.3, 0.4) is 0 Å². The van der Waals surface area contributed by atoms with Gasteiger partial charge in [0.2, 0.25) is 5.96 Å². The molecule has 164 valence electrons. The first-order chi connectivity index (χ1) is 15.2. The first-order valence-corrected chi connectivity index (χ1v) is 12.1. The number of amides is 1. The summed E-state index contributed by atoms with van der Waals surface area (Å²) >= 11 is 6.46. The molecule has 0 saturated heterocycles. The second kappa shape index (κ2) is 10.8. The van der Waals surface area contributed by atoms with Gasteiger partial charge in [-0.1, -0.05) is 80.5 Å². The summed E-state index contributed by atoms with van der Waals surface area (Å²) in [6.45, 7) is 0. The molecule has 0 spiro atoms. The lowest BCUT2D eigenvalue weighted by atomic mass is 9.89. The monoisotopic (exact) mass is 437 g/mol. The molecule has 31 heavy (non-hydrogen) atoms. The molecular weight excluding hydrogens is 406 g/mol. The van der Waals surface area contributed by atoms with Crippen molar-refractivity contribution in [2.24, 2.45) is 4.99 Å². The van der Waals surface area contributed by atoms with Crippen LogP contribution in [-0.2, 0) is 0 Å². The summed E-state index contributed by atoms with van der Waals surface area (Å²) in [7, 11) is 0. The molecule has 0 aliphatic heterocycles. The van der Waals surface area contributed by atoms with Gasteiger partial charge in [0.1, 0.15) is 0 Å². The molecule has 2 aliphatic rings. The number of halogens is 1. The van der Waals surface area contributed by atoms with Gasteiger partial charge in [-0.3, -0.25) is 10.1 Å². The number of nitrogens with one attached hydrogen (secondary N) is 1. The van der Waals surface area contributed by atoms with E-state index in [1.807, 2.05) is 54.6 Å². The van der Waals surface area contributed by atoms with Crippen molar-refractivity contribution in [2.75, 3.05) is 0 Å². The predicted molar refractivity (Wildman–Crippen MR) is 128 cm³/mol. The SMILES string of the molecule is O=C(NC(=Nc1ccccc1Cl)N(C1CCCCC1)C1CCCCC1)c1ccccc1. The molecule has 2 aromatic carbocycles. The van der Waals surface area contributed by atoms with Gasteiger partial charge in [0.15, 0.2) is 0 Å². The molecule has 0 radical (unpaired) electrons. The number of carbonyl (C=O) groups is 1. The van der Waals surface area contributed by atoms with Crippen LogP contribution in [0.4, 0.5) is 5.69 Å². The molecule has 2 saturated carbocycles. The fourth-order valence-electron chi connectivity index (χ4n) is 4.93. The Morgan fingerprint density at radius 1 is 0.806 bits per heavy atom. The van der Waals surface area contributed by atoms with E-state index in [0.717, 1.165) is 25.7 Å². The number of hydrogen-bond acceptors (Lipinski definition) is 2. The number of rotatable bonds is 4. The van der Waals surface area contributed by atoms with Crippen molar-refractivity contribution in [1.29, 1.82) is 0 Å². The Morgan fingerprint density at radius 3 is 1.94 bits per heavy atom. The number of hydrogen-bond donors (Lipinski definition) is 1. The number of nitrogens with zero attached hydrogens (tertiary/aromatic N) is 2. The summed E-state index contributed by atoms with van der Waals surface area (Å²) < 4.78 is 0. The molecule has 1 amide bonds. The lowest BCUT2D eigenvalue weighted by Gasteiger charge is -2.43. The van der Waals surface area contributed by atoms with Crippen molar-refractivity contribution in [3.05, 3.63) is 65.2 Å². The van der Waals surface area contributed by atoms with Gasteiger partial charge < -0.3 is 4.90 Å². The standard InChI is InChI=1S/C26H32ClN3O/c27-23-18-10-11-19-24(23)28-26(29-25(31)20-12-4-1-5-13-20)30(21-14-6-2-7-15-21)22-16-8-3-9-17-22/h1,4-5,10-13,18-19,21-22H,2-3,6-9,14-17H2,(H,28,29,31). The molecule has 0 atom stereocenters. The van der Waals surface area contributed by atoms with Crippen molar-refractivity contribution in [3.63, 3.8) is 0 Å².